The topological polar surface area (TPSA) is 3.24 Å². The number of rotatable bonds is 2. The lowest BCUT2D eigenvalue weighted by atomic mass is 10.2. The minimum Gasteiger partial charge on any atom is -0.298 e. The average Bonchev–Trinajstić information content (AvgIpc) is 1.64. The Hall–Kier alpha value is 0.690. The number of halogens is 1. The Morgan fingerprint density at radius 3 is 1.62 bits per heavy atom. The molecule has 0 rings (SSSR count). The van der Waals surface area contributed by atoms with Gasteiger partial charge in [-0.15, -0.1) is 0 Å². The molecule has 1 unspecified atom stereocenters. The number of alkyl halides is 1. The van der Waals surface area contributed by atoms with E-state index in [-0.39, 0.29) is 0 Å². The van der Waals surface area contributed by atoms with E-state index in [0.717, 1.165) is 5.92 Å². The number of nitrogens with zero attached hydrogens (tertiary/aromatic N) is 1. The first-order valence-corrected chi connectivity index (χ1v) is 4.10. The summed E-state index contributed by atoms with van der Waals surface area (Å²) in [5.41, 5.74) is 0. The molecule has 1 atom stereocenters. The molecule has 0 heterocycles. The quantitative estimate of drug-likeness (QED) is 0.396. The molecule has 0 N–H and O–H groups in total. The molecule has 1 nitrogen and oxygen atoms in total. The Balaban J connectivity index is 3.46. The normalized spacial score (nSPS) is 15.4. The third-order valence-electron chi connectivity index (χ3n) is 1.04. The molecule has 0 aliphatic carbocycles. The zero-order chi connectivity index (χ0) is 6.73. The summed E-state index contributed by atoms with van der Waals surface area (Å²) in [6.07, 6.45) is 0. The van der Waals surface area contributed by atoms with Gasteiger partial charge < -0.3 is 0 Å². The second-order valence-corrected chi connectivity index (χ2v) is 3.86. The fourth-order valence-corrected chi connectivity index (χ4v) is 0.596. The molecule has 0 aromatic carbocycles. The van der Waals surface area contributed by atoms with Gasteiger partial charge in [0, 0.05) is 0 Å². The van der Waals surface area contributed by atoms with Crippen molar-refractivity contribution in [2.24, 2.45) is 5.92 Å². The van der Waals surface area contributed by atoms with Crippen LogP contribution in [0, 0.1) is 5.92 Å². The third kappa shape index (κ3) is 2.87. The Morgan fingerprint density at radius 2 is 1.62 bits per heavy atom. The summed E-state index contributed by atoms with van der Waals surface area (Å²) in [6, 6.07) is 0. The Morgan fingerprint density at radius 1 is 1.25 bits per heavy atom. The molecule has 0 aliphatic rings. The standard InChI is InChI=1S/C6H14IN/c1-5(2)6(7)8(3)4/h5-6H,1-4H3. The summed E-state index contributed by atoms with van der Waals surface area (Å²) in [7, 11) is 4.22. The smallest absolute Gasteiger partial charge is 0.0636 e. The third-order valence-corrected chi connectivity index (χ3v) is 3.60. The van der Waals surface area contributed by atoms with Gasteiger partial charge in [-0.2, -0.15) is 0 Å². The number of hydrogen-bond acceptors (Lipinski definition) is 1. The van der Waals surface area contributed by atoms with E-state index in [1.807, 2.05) is 0 Å². The van der Waals surface area contributed by atoms with E-state index in [1.54, 1.807) is 0 Å². The highest BCUT2D eigenvalue weighted by molar-refractivity contribution is 14.1. The van der Waals surface area contributed by atoms with Crippen LogP contribution in [0.4, 0.5) is 0 Å². The molecular formula is C6H14IN. The molecule has 0 bridgehead atoms. The second-order valence-electron chi connectivity index (χ2n) is 2.58. The van der Waals surface area contributed by atoms with Crippen LogP contribution < -0.4 is 0 Å². The second kappa shape index (κ2) is 3.67. The van der Waals surface area contributed by atoms with Crippen LogP contribution in [0.25, 0.3) is 0 Å². The minimum absolute atomic E-state index is 0.674. The fourth-order valence-electron chi connectivity index (χ4n) is 0.596. The van der Waals surface area contributed by atoms with Gasteiger partial charge in [0.05, 0.1) is 4.05 Å². The van der Waals surface area contributed by atoms with Crippen molar-refractivity contribution in [1.82, 2.24) is 4.90 Å². The lowest BCUT2D eigenvalue weighted by Crippen LogP contribution is -2.26. The van der Waals surface area contributed by atoms with E-state index in [9.17, 15) is 0 Å². The zero-order valence-electron chi connectivity index (χ0n) is 5.98. The maximum Gasteiger partial charge on any atom is 0.0636 e. The van der Waals surface area contributed by atoms with Crippen molar-refractivity contribution in [3.63, 3.8) is 0 Å². The summed E-state index contributed by atoms with van der Waals surface area (Å²) >= 11 is 2.45. The predicted octanol–water partition coefficient (Wildman–Crippen LogP) is 1.97. The summed E-state index contributed by atoms with van der Waals surface area (Å²) in [5.74, 6) is 0.755. The summed E-state index contributed by atoms with van der Waals surface area (Å²) in [6.45, 7) is 4.47. The van der Waals surface area contributed by atoms with Crippen molar-refractivity contribution in [1.29, 1.82) is 0 Å². The van der Waals surface area contributed by atoms with Crippen molar-refractivity contribution >= 4 is 22.6 Å². The summed E-state index contributed by atoms with van der Waals surface area (Å²) < 4.78 is 0.674. The first-order chi connectivity index (χ1) is 3.55. The van der Waals surface area contributed by atoms with Crippen LogP contribution in [0.3, 0.4) is 0 Å². The largest absolute Gasteiger partial charge is 0.298 e. The maximum absolute atomic E-state index is 2.45. The molecule has 8 heavy (non-hydrogen) atoms. The van der Waals surface area contributed by atoms with Crippen LogP contribution in [0.5, 0.6) is 0 Å². The maximum atomic E-state index is 2.45. The van der Waals surface area contributed by atoms with Crippen molar-refractivity contribution in [2.45, 2.75) is 17.9 Å². The van der Waals surface area contributed by atoms with E-state index in [4.69, 9.17) is 0 Å². The van der Waals surface area contributed by atoms with E-state index in [2.05, 4.69) is 55.4 Å². The van der Waals surface area contributed by atoms with Crippen LogP contribution in [-0.4, -0.2) is 23.0 Å². The van der Waals surface area contributed by atoms with E-state index >= 15 is 0 Å². The van der Waals surface area contributed by atoms with Gasteiger partial charge in [0.15, 0.2) is 0 Å². The molecule has 0 spiro atoms. The van der Waals surface area contributed by atoms with Crippen LogP contribution in [0.1, 0.15) is 13.8 Å². The summed E-state index contributed by atoms with van der Waals surface area (Å²) in [4.78, 5) is 2.23. The highest BCUT2D eigenvalue weighted by atomic mass is 127. The fraction of sp³-hybridized carbons (Fsp3) is 1.00. The molecule has 0 saturated heterocycles. The van der Waals surface area contributed by atoms with E-state index in [1.165, 1.54) is 0 Å². The van der Waals surface area contributed by atoms with E-state index in [0.29, 0.717) is 4.05 Å². The Kier molecular flexibility index (Phi) is 3.98. The van der Waals surface area contributed by atoms with Crippen molar-refractivity contribution < 1.29 is 0 Å². The van der Waals surface area contributed by atoms with Gasteiger partial charge in [-0.05, 0) is 20.0 Å². The molecule has 0 saturated carbocycles. The average molecular weight is 227 g/mol. The van der Waals surface area contributed by atoms with Gasteiger partial charge >= 0.3 is 0 Å². The molecule has 0 fully saturated rings. The van der Waals surface area contributed by atoms with Gasteiger partial charge in [-0.3, -0.25) is 4.90 Å². The van der Waals surface area contributed by atoms with E-state index < -0.39 is 0 Å². The SMILES string of the molecule is CC(C)C(I)N(C)C. The molecule has 50 valence electrons. The first-order valence-electron chi connectivity index (χ1n) is 2.86. The Bertz CT molecular complexity index is 53.5. The van der Waals surface area contributed by atoms with Crippen LogP contribution >= 0.6 is 22.6 Å². The monoisotopic (exact) mass is 227 g/mol. The minimum atomic E-state index is 0.674. The van der Waals surface area contributed by atoms with Crippen molar-refractivity contribution in [3.05, 3.63) is 0 Å². The highest BCUT2D eigenvalue weighted by Gasteiger charge is 2.09. The highest BCUT2D eigenvalue weighted by Crippen LogP contribution is 2.13. The molecule has 0 radical (unpaired) electrons. The first kappa shape index (κ1) is 8.69. The molecule has 0 aromatic rings. The van der Waals surface area contributed by atoms with Crippen molar-refractivity contribution in [2.75, 3.05) is 14.1 Å². The van der Waals surface area contributed by atoms with Gasteiger partial charge in [0.2, 0.25) is 0 Å². The molecule has 2 heteroatoms. The van der Waals surface area contributed by atoms with Gasteiger partial charge in [0.1, 0.15) is 0 Å². The van der Waals surface area contributed by atoms with Gasteiger partial charge in [-0.25, -0.2) is 0 Å². The Labute approximate surface area is 65.6 Å². The molecule has 0 aliphatic heterocycles. The zero-order valence-corrected chi connectivity index (χ0v) is 8.14. The molecule has 0 amide bonds. The summed E-state index contributed by atoms with van der Waals surface area (Å²) in [5, 5.41) is 0. The van der Waals surface area contributed by atoms with Crippen LogP contribution in [0.15, 0.2) is 0 Å². The van der Waals surface area contributed by atoms with Crippen molar-refractivity contribution in [3.8, 4) is 0 Å². The van der Waals surface area contributed by atoms with Crippen LogP contribution in [0.2, 0.25) is 0 Å². The molecule has 0 aromatic heterocycles. The van der Waals surface area contributed by atoms with Gasteiger partial charge in [-0.1, -0.05) is 36.4 Å². The lowest BCUT2D eigenvalue weighted by Gasteiger charge is -2.20. The number of hydrogen-bond donors (Lipinski definition) is 0. The molecular weight excluding hydrogens is 213 g/mol. The van der Waals surface area contributed by atoms with Crippen LogP contribution in [-0.2, 0) is 0 Å². The van der Waals surface area contributed by atoms with Gasteiger partial charge in [0.25, 0.3) is 0 Å². The predicted molar refractivity (Wildman–Crippen MR) is 46.3 cm³/mol. The lowest BCUT2D eigenvalue weighted by molar-refractivity contribution is 0.335.